The first-order valence-electron chi connectivity index (χ1n) is 5.14. The van der Waals surface area contributed by atoms with Gasteiger partial charge in [-0.05, 0) is 18.9 Å². The van der Waals surface area contributed by atoms with E-state index in [1.54, 1.807) is 12.3 Å². The maximum atomic E-state index is 11.3. The Bertz CT molecular complexity index is 335. The van der Waals surface area contributed by atoms with Crippen molar-refractivity contribution in [3.05, 3.63) is 23.8 Å². The number of ether oxygens (including phenoxy) is 1. The van der Waals surface area contributed by atoms with E-state index in [1.165, 1.54) is 7.11 Å². The van der Waals surface area contributed by atoms with Gasteiger partial charge in [-0.15, -0.1) is 0 Å². The van der Waals surface area contributed by atoms with Crippen LogP contribution < -0.4 is 0 Å². The summed E-state index contributed by atoms with van der Waals surface area (Å²) in [7, 11) is 1.35. The second-order valence-electron chi connectivity index (χ2n) is 3.31. The van der Waals surface area contributed by atoms with Crippen molar-refractivity contribution in [1.82, 2.24) is 9.97 Å². The van der Waals surface area contributed by atoms with E-state index in [-0.39, 0.29) is 0 Å². The second-order valence-corrected chi connectivity index (χ2v) is 3.31. The molecule has 0 fully saturated rings. The van der Waals surface area contributed by atoms with E-state index in [2.05, 4.69) is 28.6 Å². The number of esters is 1. The Morgan fingerprint density at radius 1 is 1.47 bits per heavy atom. The standard InChI is InChI=1S/C11H16N2O2/c1-4-8(5-2)10-12-7-6-9(13-10)11(14)15-3/h6-8H,4-5H2,1-3H3. The van der Waals surface area contributed by atoms with E-state index in [1.807, 2.05) is 0 Å². The van der Waals surface area contributed by atoms with Crippen molar-refractivity contribution < 1.29 is 9.53 Å². The fraction of sp³-hybridized carbons (Fsp3) is 0.545. The third-order valence-electron chi connectivity index (χ3n) is 2.42. The van der Waals surface area contributed by atoms with Gasteiger partial charge in [-0.2, -0.15) is 0 Å². The van der Waals surface area contributed by atoms with Gasteiger partial charge in [-0.25, -0.2) is 14.8 Å². The zero-order valence-electron chi connectivity index (χ0n) is 9.36. The third kappa shape index (κ3) is 2.75. The molecule has 0 aliphatic heterocycles. The molecule has 0 saturated carbocycles. The van der Waals surface area contributed by atoms with Crippen LogP contribution in [0.3, 0.4) is 0 Å². The van der Waals surface area contributed by atoms with Crippen LogP contribution in [-0.2, 0) is 4.74 Å². The van der Waals surface area contributed by atoms with Gasteiger partial charge in [0, 0.05) is 12.1 Å². The molecule has 0 bridgehead atoms. The molecular formula is C11H16N2O2. The molecule has 0 N–H and O–H groups in total. The summed E-state index contributed by atoms with van der Waals surface area (Å²) >= 11 is 0. The lowest BCUT2D eigenvalue weighted by atomic mass is 10.0. The van der Waals surface area contributed by atoms with Crippen molar-refractivity contribution >= 4 is 5.97 Å². The van der Waals surface area contributed by atoms with Gasteiger partial charge in [-0.3, -0.25) is 0 Å². The molecule has 1 aromatic heterocycles. The first kappa shape index (κ1) is 11.6. The predicted octanol–water partition coefficient (Wildman–Crippen LogP) is 2.17. The summed E-state index contributed by atoms with van der Waals surface area (Å²) in [6.45, 7) is 4.17. The van der Waals surface area contributed by atoms with Crippen molar-refractivity contribution in [2.45, 2.75) is 32.6 Å². The molecular weight excluding hydrogens is 192 g/mol. The van der Waals surface area contributed by atoms with Gasteiger partial charge in [-0.1, -0.05) is 13.8 Å². The molecule has 0 atom stereocenters. The van der Waals surface area contributed by atoms with Crippen LogP contribution in [0.4, 0.5) is 0 Å². The highest BCUT2D eigenvalue weighted by Gasteiger charge is 2.13. The van der Waals surface area contributed by atoms with Crippen LogP contribution in [-0.4, -0.2) is 23.0 Å². The van der Waals surface area contributed by atoms with Crippen LogP contribution in [0.1, 0.15) is 48.9 Å². The maximum Gasteiger partial charge on any atom is 0.356 e. The molecule has 0 radical (unpaired) electrons. The molecule has 0 unspecified atom stereocenters. The Hall–Kier alpha value is -1.45. The monoisotopic (exact) mass is 208 g/mol. The number of carbonyl (C=O) groups is 1. The summed E-state index contributed by atoms with van der Waals surface area (Å²) in [6.07, 6.45) is 3.55. The number of methoxy groups -OCH3 is 1. The van der Waals surface area contributed by atoms with Crippen LogP contribution in [0.15, 0.2) is 12.3 Å². The molecule has 0 aliphatic rings. The Morgan fingerprint density at radius 2 is 2.13 bits per heavy atom. The highest BCUT2D eigenvalue weighted by atomic mass is 16.5. The minimum atomic E-state index is -0.412. The summed E-state index contributed by atoms with van der Waals surface area (Å²) in [5, 5.41) is 0. The van der Waals surface area contributed by atoms with Gasteiger partial charge in [0.1, 0.15) is 5.82 Å². The lowest BCUT2D eigenvalue weighted by molar-refractivity contribution is 0.0593. The van der Waals surface area contributed by atoms with Crippen molar-refractivity contribution in [3.63, 3.8) is 0 Å². The van der Waals surface area contributed by atoms with Gasteiger partial charge in [0.15, 0.2) is 5.69 Å². The minimum absolute atomic E-state index is 0.314. The SMILES string of the molecule is CCC(CC)c1nccc(C(=O)OC)n1. The van der Waals surface area contributed by atoms with E-state index in [4.69, 9.17) is 0 Å². The summed E-state index contributed by atoms with van der Waals surface area (Å²) < 4.78 is 4.61. The zero-order chi connectivity index (χ0) is 11.3. The Morgan fingerprint density at radius 3 is 2.67 bits per heavy atom. The molecule has 0 aliphatic carbocycles. The quantitative estimate of drug-likeness (QED) is 0.711. The summed E-state index contributed by atoms with van der Waals surface area (Å²) in [6, 6.07) is 1.57. The number of hydrogen-bond acceptors (Lipinski definition) is 4. The number of aromatic nitrogens is 2. The van der Waals surface area contributed by atoms with Crippen LogP contribution in [0, 0.1) is 0 Å². The molecule has 0 aromatic carbocycles. The zero-order valence-corrected chi connectivity index (χ0v) is 9.36. The average molecular weight is 208 g/mol. The van der Waals surface area contributed by atoms with Crippen molar-refractivity contribution in [2.75, 3.05) is 7.11 Å². The lowest BCUT2D eigenvalue weighted by Gasteiger charge is -2.10. The normalized spacial score (nSPS) is 10.4. The molecule has 0 saturated heterocycles. The summed E-state index contributed by atoms with van der Waals surface area (Å²) in [5.41, 5.74) is 0.328. The van der Waals surface area contributed by atoms with E-state index < -0.39 is 5.97 Å². The van der Waals surface area contributed by atoms with Crippen molar-refractivity contribution in [3.8, 4) is 0 Å². The number of carbonyl (C=O) groups excluding carboxylic acids is 1. The first-order chi connectivity index (χ1) is 7.22. The maximum absolute atomic E-state index is 11.3. The fourth-order valence-electron chi connectivity index (χ4n) is 1.44. The minimum Gasteiger partial charge on any atom is -0.464 e. The molecule has 4 nitrogen and oxygen atoms in total. The highest BCUT2D eigenvalue weighted by molar-refractivity contribution is 5.86. The highest BCUT2D eigenvalue weighted by Crippen LogP contribution is 2.18. The van der Waals surface area contributed by atoms with E-state index >= 15 is 0 Å². The van der Waals surface area contributed by atoms with Gasteiger partial charge in [0.2, 0.25) is 0 Å². The fourth-order valence-corrected chi connectivity index (χ4v) is 1.44. The summed E-state index contributed by atoms with van der Waals surface area (Å²) in [5.74, 6) is 0.627. The molecule has 82 valence electrons. The largest absolute Gasteiger partial charge is 0.464 e. The Kier molecular flexibility index (Phi) is 4.21. The number of nitrogens with zero attached hydrogens (tertiary/aromatic N) is 2. The summed E-state index contributed by atoms with van der Waals surface area (Å²) in [4.78, 5) is 19.6. The van der Waals surface area contributed by atoms with Crippen LogP contribution >= 0.6 is 0 Å². The molecule has 1 heterocycles. The van der Waals surface area contributed by atoms with Crippen LogP contribution in [0.25, 0.3) is 0 Å². The van der Waals surface area contributed by atoms with Crippen molar-refractivity contribution in [1.29, 1.82) is 0 Å². The topological polar surface area (TPSA) is 52.1 Å². The lowest BCUT2D eigenvalue weighted by Crippen LogP contribution is -2.09. The molecule has 15 heavy (non-hydrogen) atoms. The Balaban J connectivity index is 2.96. The predicted molar refractivity (Wildman–Crippen MR) is 56.7 cm³/mol. The molecule has 1 aromatic rings. The van der Waals surface area contributed by atoms with Gasteiger partial charge >= 0.3 is 5.97 Å². The van der Waals surface area contributed by atoms with E-state index in [9.17, 15) is 4.79 Å². The molecule has 4 heteroatoms. The van der Waals surface area contributed by atoms with Gasteiger partial charge in [0.25, 0.3) is 0 Å². The van der Waals surface area contributed by atoms with Crippen molar-refractivity contribution in [2.24, 2.45) is 0 Å². The molecule has 1 rings (SSSR count). The number of hydrogen-bond donors (Lipinski definition) is 0. The Labute approximate surface area is 89.7 Å². The molecule has 0 spiro atoms. The first-order valence-corrected chi connectivity index (χ1v) is 5.14. The van der Waals surface area contributed by atoms with Gasteiger partial charge < -0.3 is 4.74 Å². The number of rotatable bonds is 4. The van der Waals surface area contributed by atoms with E-state index in [0.717, 1.165) is 18.7 Å². The second kappa shape index (κ2) is 5.44. The van der Waals surface area contributed by atoms with Gasteiger partial charge in [0.05, 0.1) is 7.11 Å². The van der Waals surface area contributed by atoms with Crippen LogP contribution in [0.5, 0.6) is 0 Å². The van der Waals surface area contributed by atoms with E-state index in [0.29, 0.717) is 11.6 Å². The molecule has 0 amide bonds. The third-order valence-corrected chi connectivity index (χ3v) is 2.42. The van der Waals surface area contributed by atoms with Crippen LogP contribution in [0.2, 0.25) is 0 Å². The smallest absolute Gasteiger partial charge is 0.356 e. The average Bonchev–Trinajstić information content (AvgIpc) is 2.30.